The average Bonchev–Trinajstić information content (AvgIpc) is 3.70. The molecule has 3 aromatic rings. The minimum atomic E-state index is -0.838. The molecule has 1 saturated carbocycles. The van der Waals surface area contributed by atoms with Crippen molar-refractivity contribution >= 4 is 45.9 Å². The number of hydrogen-bond acceptors (Lipinski definition) is 10. The number of anilines is 2. The summed E-state index contributed by atoms with van der Waals surface area (Å²) in [6.45, 7) is 6.64. The van der Waals surface area contributed by atoms with Gasteiger partial charge in [-0.2, -0.15) is 0 Å². The van der Waals surface area contributed by atoms with E-state index in [1.54, 1.807) is 12.3 Å². The molecule has 4 atom stereocenters. The highest BCUT2D eigenvalue weighted by molar-refractivity contribution is 6.41. The van der Waals surface area contributed by atoms with Gasteiger partial charge < -0.3 is 30.0 Å². The Kier molecular flexibility index (Phi) is 8.29. The van der Waals surface area contributed by atoms with Crippen LogP contribution in [0.5, 0.6) is 11.5 Å². The molecule has 4 N–H and O–H groups in total. The highest BCUT2D eigenvalue weighted by atomic mass is 35.5. The van der Waals surface area contributed by atoms with Crippen LogP contribution in [0.25, 0.3) is 22.2 Å². The number of pyridine rings is 1. The van der Waals surface area contributed by atoms with E-state index in [4.69, 9.17) is 47.4 Å². The van der Waals surface area contributed by atoms with Crippen LogP contribution in [-0.4, -0.2) is 71.8 Å². The second kappa shape index (κ2) is 11.7. The molecule has 2 fully saturated rings. The zero-order chi connectivity index (χ0) is 27.7. The third kappa shape index (κ3) is 5.85. The molecule has 208 valence electrons. The maximum absolute atomic E-state index is 9.94. The predicted molar refractivity (Wildman–Crippen MR) is 153 cm³/mol. The number of nitrogens with one attached hydrogen (secondary N) is 3. The third-order valence-electron chi connectivity index (χ3n) is 7.09. The first-order chi connectivity index (χ1) is 18.8. The Morgan fingerprint density at radius 2 is 1.79 bits per heavy atom. The molecule has 5 rings (SSSR count). The topological polar surface area (TPSA) is 123 Å². The Hall–Kier alpha value is -2.89. The highest BCUT2D eigenvalue weighted by Gasteiger charge is 2.31. The quantitative estimate of drug-likeness (QED) is 0.192. The zero-order valence-corrected chi connectivity index (χ0v) is 23.5. The van der Waals surface area contributed by atoms with Crippen molar-refractivity contribution in [1.29, 1.82) is 0 Å². The van der Waals surface area contributed by atoms with Crippen LogP contribution in [0.2, 0.25) is 10.0 Å². The lowest BCUT2D eigenvalue weighted by Crippen LogP contribution is -2.47. The van der Waals surface area contributed by atoms with Crippen LogP contribution in [0.4, 0.5) is 11.8 Å². The van der Waals surface area contributed by atoms with Crippen LogP contribution in [0, 0.1) is 5.92 Å². The fourth-order valence-corrected chi connectivity index (χ4v) is 5.39. The lowest BCUT2D eigenvalue weighted by molar-refractivity contribution is 0.149. The number of aliphatic hydroxyl groups is 1. The second-order valence-electron chi connectivity index (χ2n) is 9.78. The van der Waals surface area contributed by atoms with Crippen molar-refractivity contribution in [3.63, 3.8) is 0 Å². The van der Waals surface area contributed by atoms with E-state index in [1.807, 2.05) is 6.07 Å². The number of aliphatic hydroxyl groups excluding tert-OH is 1. The van der Waals surface area contributed by atoms with Crippen LogP contribution < -0.4 is 25.4 Å². The van der Waals surface area contributed by atoms with Gasteiger partial charge in [0.25, 0.3) is 0 Å². The maximum Gasteiger partial charge on any atom is 0.223 e. The summed E-state index contributed by atoms with van der Waals surface area (Å²) in [6.07, 6.45) is 4.67. The van der Waals surface area contributed by atoms with Gasteiger partial charge in [0, 0.05) is 29.3 Å². The molecule has 1 aliphatic carbocycles. The number of fused-ring (bicyclic) bond motifs is 1. The molecule has 12 heteroatoms. The summed E-state index contributed by atoms with van der Waals surface area (Å²) in [7, 11) is 3.07. The first-order valence-corrected chi connectivity index (χ1v) is 13.5. The van der Waals surface area contributed by atoms with E-state index in [0.717, 1.165) is 5.39 Å². The van der Waals surface area contributed by atoms with Gasteiger partial charge in [-0.05, 0) is 37.8 Å². The van der Waals surface area contributed by atoms with Crippen molar-refractivity contribution in [2.75, 3.05) is 38.1 Å². The van der Waals surface area contributed by atoms with Crippen molar-refractivity contribution in [2.45, 2.75) is 44.1 Å². The molecule has 1 aromatic carbocycles. The van der Waals surface area contributed by atoms with E-state index in [2.05, 4.69) is 34.4 Å². The van der Waals surface area contributed by atoms with Gasteiger partial charge in [-0.3, -0.25) is 5.32 Å². The molecule has 1 aliphatic heterocycles. The Morgan fingerprint density at radius 1 is 1.10 bits per heavy atom. The number of nitrogens with zero attached hydrogens (tertiary/aromatic N) is 3. The molecule has 0 bridgehead atoms. The van der Waals surface area contributed by atoms with Crippen molar-refractivity contribution in [2.24, 2.45) is 5.92 Å². The number of methoxy groups -OCH3 is 2. The summed E-state index contributed by atoms with van der Waals surface area (Å²) in [5, 5.41) is 21.3. The van der Waals surface area contributed by atoms with E-state index in [9.17, 15) is 5.11 Å². The normalized spacial score (nSPS) is 20.5. The SMILES string of the molecule is C=CC(O)N[C@H]1COC[C@H]1Nc1ncc2cc(-c3c(Cl)c(OC)cc(OC)c3Cl)nc(N[C@H](C)C3CC3)c2n1. The minimum Gasteiger partial charge on any atom is -0.495 e. The van der Waals surface area contributed by atoms with Crippen LogP contribution in [-0.2, 0) is 4.74 Å². The summed E-state index contributed by atoms with van der Waals surface area (Å²) in [4.78, 5) is 14.3. The summed E-state index contributed by atoms with van der Waals surface area (Å²) >= 11 is 13.4. The second-order valence-corrected chi connectivity index (χ2v) is 10.5. The van der Waals surface area contributed by atoms with Gasteiger partial charge >= 0.3 is 0 Å². The molecular weight excluding hydrogens is 543 g/mol. The number of aromatic nitrogens is 3. The molecule has 0 radical (unpaired) electrons. The van der Waals surface area contributed by atoms with Crippen molar-refractivity contribution in [1.82, 2.24) is 20.3 Å². The van der Waals surface area contributed by atoms with Crippen molar-refractivity contribution in [3.8, 4) is 22.8 Å². The van der Waals surface area contributed by atoms with Crippen LogP contribution in [0.3, 0.4) is 0 Å². The summed E-state index contributed by atoms with van der Waals surface area (Å²) in [5.41, 5.74) is 1.69. The summed E-state index contributed by atoms with van der Waals surface area (Å²) in [6, 6.07) is 3.41. The maximum atomic E-state index is 9.94. The van der Waals surface area contributed by atoms with Gasteiger partial charge in [-0.25, -0.2) is 15.0 Å². The van der Waals surface area contributed by atoms with E-state index < -0.39 is 6.23 Å². The number of hydrogen-bond donors (Lipinski definition) is 4. The Labute approximate surface area is 237 Å². The van der Waals surface area contributed by atoms with E-state index in [1.165, 1.54) is 33.1 Å². The third-order valence-corrected chi connectivity index (χ3v) is 7.84. The van der Waals surface area contributed by atoms with Gasteiger partial charge in [0.05, 0.1) is 55.3 Å². The minimum absolute atomic E-state index is 0.141. The Bertz CT molecular complexity index is 1340. The largest absolute Gasteiger partial charge is 0.495 e. The molecule has 1 saturated heterocycles. The molecule has 1 unspecified atom stereocenters. The summed E-state index contributed by atoms with van der Waals surface area (Å²) in [5.74, 6) is 2.45. The zero-order valence-electron chi connectivity index (χ0n) is 22.0. The first kappa shape index (κ1) is 27.7. The van der Waals surface area contributed by atoms with Crippen LogP contribution >= 0.6 is 23.2 Å². The molecule has 10 nitrogen and oxygen atoms in total. The molecule has 3 heterocycles. The highest BCUT2D eigenvalue weighted by Crippen LogP contribution is 2.46. The van der Waals surface area contributed by atoms with Crippen molar-refractivity contribution in [3.05, 3.63) is 41.0 Å². The fraction of sp³-hybridized carbons (Fsp3) is 0.444. The standard InChI is InChI=1S/C27H32Cl2N6O4/c1-5-21(36)32-17-11-39-12-18(17)34-27-30-10-15-8-16(22-23(28)19(37-3)9-20(38-4)24(22)29)33-26(25(15)35-27)31-13(2)14-6-7-14/h5,8-10,13-14,17-18,21,32,36H,1,6-7,11-12H2,2-4H3,(H,31,33)(H,30,34,35)/t13-,17+,18-,21?/m1/s1. The van der Waals surface area contributed by atoms with Gasteiger partial charge in [0.1, 0.15) is 23.2 Å². The molecule has 0 amide bonds. The Balaban J connectivity index is 1.56. The van der Waals surface area contributed by atoms with E-state index in [-0.39, 0.29) is 18.1 Å². The van der Waals surface area contributed by atoms with E-state index in [0.29, 0.717) is 69.2 Å². The number of rotatable bonds is 11. The lowest BCUT2D eigenvalue weighted by Gasteiger charge is -2.22. The first-order valence-electron chi connectivity index (χ1n) is 12.8. The number of halogens is 2. The van der Waals surface area contributed by atoms with Gasteiger partial charge in [-0.15, -0.1) is 0 Å². The van der Waals surface area contributed by atoms with Gasteiger partial charge in [0.15, 0.2) is 5.82 Å². The molecular formula is C27H32Cl2N6O4. The van der Waals surface area contributed by atoms with Crippen molar-refractivity contribution < 1.29 is 19.3 Å². The molecule has 39 heavy (non-hydrogen) atoms. The van der Waals surface area contributed by atoms with Gasteiger partial charge in [-0.1, -0.05) is 29.8 Å². The van der Waals surface area contributed by atoms with Gasteiger partial charge in [0.2, 0.25) is 5.95 Å². The van der Waals surface area contributed by atoms with Crippen LogP contribution in [0.1, 0.15) is 19.8 Å². The average molecular weight is 575 g/mol. The molecule has 2 aromatic heterocycles. The fourth-order valence-electron chi connectivity index (χ4n) is 4.69. The van der Waals surface area contributed by atoms with E-state index >= 15 is 0 Å². The summed E-state index contributed by atoms with van der Waals surface area (Å²) < 4.78 is 16.5. The van der Waals surface area contributed by atoms with Crippen LogP contribution in [0.15, 0.2) is 31.0 Å². The number of benzene rings is 1. The molecule has 2 aliphatic rings. The molecule has 0 spiro atoms. The Morgan fingerprint density at radius 3 is 2.44 bits per heavy atom. The number of ether oxygens (including phenoxy) is 3. The monoisotopic (exact) mass is 574 g/mol. The predicted octanol–water partition coefficient (Wildman–Crippen LogP) is 4.50. The smallest absolute Gasteiger partial charge is 0.223 e. The lowest BCUT2D eigenvalue weighted by atomic mass is 10.1.